The first-order valence-corrected chi connectivity index (χ1v) is 9.65. The molecule has 0 unspecified atom stereocenters. The maximum atomic E-state index is 12.9. The summed E-state index contributed by atoms with van der Waals surface area (Å²) < 4.78 is 5.20. The normalized spacial score (nSPS) is 19.0. The Balaban J connectivity index is 1.59. The van der Waals surface area contributed by atoms with Gasteiger partial charge >= 0.3 is 0 Å². The molecule has 3 N–H and O–H groups in total. The Labute approximate surface area is 168 Å². The lowest BCUT2D eigenvalue weighted by Crippen LogP contribution is -2.29. The van der Waals surface area contributed by atoms with Gasteiger partial charge in [0.25, 0.3) is 5.91 Å². The second-order valence-electron chi connectivity index (χ2n) is 7.10. The summed E-state index contributed by atoms with van der Waals surface area (Å²) >= 11 is 0. The molecule has 2 aromatic heterocycles. The molecular weight excluding hydrogens is 370 g/mol. The van der Waals surface area contributed by atoms with Crippen LogP contribution in [0.5, 0.6) is 5.88 Å². The van der Waals surface area contributed by atoms with Gasteiger partial charge in [-0.25, -0.2) is 15.0 Å². The predicted octanol–water partition coefficient (Wildman–Crippen LogP) is 3.00. The number of para-hydroxylation sites is 1. The van der Waals surface area contributed by atoms with Gasteiger partial charge in [-0.2, -0.15) is 0 Å². The zero-order chi connectivity index (χ0) is 20.2. The molecule has 1 saturated carbocycles. The highest BCUT2D eigenvalue weighted by Gasteiger charge is 2.20. The Morgan fingerprint density at radius 2 is 1.97 bits per heavy atom. The van der Waals surface area contributed by atoms with Crippen molar-refractivity contribution in [3.63, 3.8) is 0 Å². The molecule has 1 aliphatic rings. The van der Waals surface area contributed by atoms with Crippen LogP contribution in [0.25, 0.3) is 10.9 Å². The molecule has 0 atom stereocenters. The number of ether oxygens (including phenoxy) is 1. The zero-order valence-corrected chi connectivity index (χ0v) is 16.1. The average molecular weight is 393 g/mol. The molecule has 0 bridgehead atoms. The van der Waals surface area contributed by atoms with Gasteiger partial charge in [0.1, 0.15) is 5.69 Å². The summed E-state index contributed by atoms with van der Waals surface area (Å²) in [5.41, 5.74) is 1.50. The van der Waals surface area contributed by atoms with E-state index in [2.05, 4.69) is 25.6 Å². The van der Waals surface area contributed by atoms with E-state index in [0.717, 1.165) is 31.1 Å². The van der Waals surface area contributed by atoms with E-state index in [1.54, 1.807) is 36.7 Å². The number of nitrogens with zero attached hydrogens (tertiary/aromatic N) is 3. The molecule has 150 valence electrons. The molecule has 1 aliphatic carbocycles. The van der Waals surface area contributed by atoms with Crippen LogP contribution in [0.15, 0.2) is 42.7 Å². The number of fused-ring (bicyclic) bond motifs is 1. The van der Waals surface area contributed by atoms with Crippen LogP contribution >= 0.6 is 0 Å². The molecule has 29 heavy (non-hydrogen) atoms. The number of aromatic nitrogens is 3. The van der Waals surface area contributed by atoms with Crippen molar-refractivity contribution in [2.45, 2.75) is 37.8 Å². The van der Waals surface area contributed by atoms with E-state index < -0.39 is 0 Å². The first-order valence-electron chi connectivity index (χ1n) is 9.65. The minimum Gasteiger partial charge on any atom is -0.480 e. The zero-order valence-electron chi connectivity index (χ0n) is 16.1. The number of carbonyl (C=O) groups excluding carboxylic acids is 1. The third-order valence-electron chi connectivity index (χ3n) is 5.10. The van der Waals surface area contributed by atoms with E-state index >= 15 is 0 Å². The number of hydrogen-bond acceptors (Lipinski definition) is 7. The number of anilines is 2. The van der Waals surface area contributed by atoms with E-state index in [1.165, 1.54) is 7.11 Å². The van der Waals surface area contributed by atoms with Crippen LogP contribution in [0.4, 0.5) is 11.6 Å². The maximum Gasteiger partial charge on any atom is 0.258 e. The fraction of sp³-hybridized carbons (Fsp3) is 0.333. The van der Waals surface area contributed by atoms with E-state index in [4.69, 9.17) is 4.74 Å². The van der Waals surface area contributed by atoms with Crippen LogP contribution in [0.2, 0.25) is 0 Å². The first-order chi connectivity index (χ1) is 14.1. The number of aliphatic hydroxyl groups is 1. The van der Waals surface area contributed by atoms with Crippen LogP contribution in [-0.4, -0.2) is 45.2 Å². The molecule has 2 heterocycles. The number of benzene rings is 1. The summed E-state index contributed by atoms with van der Waals surface area (Å²) in [6, 6.07) is 9.08. The van der Waals surface area contributed by atoms with Crippen LogP contribution in [0.1, 0.15) is 36.0 Å². The number of carbonyl (C=O) groups is 1. The molecule has 0 aliphatic heterocycles. The number of methoxy groups -OCH3 is 1. The highest BCUT2D eigenvalue weighted by Crippen LogP contribution is 2.25. The lowest BCUT2D eigenvalue weighted by atomic mass is 9.93. The van der Waals surface area contributed by atoms with Crippen molar-refractivity contribution < 1.29 is 14.6 Å². The number of hydrogen-bond donors (Lipinski definition) is 3. The van der Waals surface area contributed by atoms with Crippen LogP contribution < -0.4 is 15.4 Å². The molecule has 1 fully saturated rings. The first kappa shape index (κ1) is 19.1. The Kier molecular flexibility index (Phi) is 5.53. The molecule has 0 radical (unpaired) electrons. The van der Waals surface area contributed by atoms with E-state index in [9.17, 15) is 9.90 Å². The average Bonchev–Trinajstić information content (AvgIpc) is 2.75. The topological polar surface area (TPSA) is 109 Å². The van der Waals surface area contributed by atoms with E-state index in [-0.39, 0.29) is 18.1 Å². The number of aliphatic hydroxyl groups excluding tert-OH is 1. The van der Waals surface area contributed by atoms with Gasteiger partial charge < -0.3 is 20.5 Å². The summed E-state index contributed by atoms with van der Waals surface area (Å²) in [5.74, 6) is 0.531. The molecule has 1 amide bonds. The molecular formula is C21H23N5O3. The monoisotopic (exact) mass is 393 g/mol. The van der Waals surface area contributed by atoms with Gasteiger partial charge in [0.15, 0.2) is 0 Å². The molecule has 0 saturated heterocycles. The third kappa shape index (κ3) is 4.27. The smallest absolute Gasteiger partial charge is 0.258 e. The summed E-state index contributed by atoms with van der Waals surface area (Å²) in [6.45, 7) is 0. The van der Waals surface area contributed by atoms with Gasteiger partial charge in [0, 0.05) is 23.8 Å². The minimum absolute atomic E-state index is 0.217. The van der Waals surface area contributed by atoms with Gasteiger partial charge in [0.2, 0.25) is 11.8 Å². The van der Waals surface area contributed by atoms with Gasteiger partial charge in [-0.15, -0.1) is 0 Å². The standard InChI is InChI=1S/C21H23N5O3/c1-29-20-17(6-3-11-22-20)25-19(28)16-5-2-4-13-12-23-21(26-18(13)16)24-14-7-9-15(27)10-8-14/h2-6,11-12,14-15,27H,7-10H2,1H3,(H,25,28)(H,23,24,26)/t14-,15-. The minimum atomic E-state index is -0.299. The second-order valence-corrected chi connectivity index (χ2v) is 7.10. The number of pyridine rings is 1. The number of nitrogens with one attached hydrogen (secondary N) is 2. The summed E-state index contributed by atoms with van der Waals surface area (Å²) in [4.78, 5) is 26.0. The maximum absolute atomic E-state index is 12.9. The molecule has 0 spiro atoms. The second kappa shape index (κ2) is 8.40. The highest BCUT2D eigenvalue weighted by atomic mass is 16.5. The Morgan fingerprint density at radius 3 is 2.76 bits per heavy atom. The predicted molar refractivity (Wildman–Crippen MR) is 110 cm³/mol. The van der Waals surface area contributed by atoms with Crippen LogP contribution in [0.3, 0.4) is 0 Å². The number of amides is 1. The van der Waals surface area contributed by atoms with Gasteiger partial charge in [-0.05, 0) is 43.9 Å². The molecule has 1 aromatic carbocycles. The molecule has 4 rings (SSSR count). The quantitative estimate of drug-likeness (QED) is 0.611. The van der Waals surface area contributed by atoms with Crippen molar-refractivity contribution >= 4 is 28.4 Å². The Hall–Kier alpha value is -3.26. The lowest BCUT2D eigenvalue weighted by molar-refractivity contribution is 0.102. The van der Waals surface area contributed by atoms with Gasteiger partial charge in [-0.1, -0.05) is 12.1 Å². The molecule has 3 aromatic rings. The van der Waals surface area contributed by atoms with Gasteiger partial charge in [0.05, 0.1) is 24.3 Å². The van der Waals surface area contributed by atoms with Crippen molar-refractivity contribution in [1.29, 1.82) is 0 Å². The summed E-state index contributed by atoms with van der Waals surface area (Å²) in [6.07, 6.45) is 6.37. The highest BCUT2D eigenvalue weighted by molar-refractivity contribution is 6.12. The molecule has 8 nitrogen and oxygen atoms in total. The van der Waals surface area contributed by atoms with Crippen molar-refractivity contribution in [2.24, 2.45) is 0 Å². The summed E-state index contributed by atoms with van der Waals surface area (Å²) in [7, 11) is 1.51. The number of rotatable bonds is 5. The summed E-state index contributed by atoms with van der Waals surface area (Å²) in [5, 5.41) is 16.6. The lowest BCUT2D eigenvalue weighted by Gasteiger charge is -2.26. The SMILES string of the molecule is COc1ncccc1NC(=O)c1cccc2cnc(N[C@H]3CC[C@H](O)CC3)nc12. The van der Waals surface area contributed by atoms with Crippen molar-refractivity contribution in [3.05, 3.63) is 48.3 Å². The fourth-order valence-corrected chi connectivity index (χ4v) is 3.55. The van der Waals surface area contributed by atoms with Crippen molar-refractivity contribution in [2.75, 3.05) is 17.7 Å². The van der Waals surface area contributed by atoms with Crippen molar-refractivity contribution in [3.8, 4) is 5.88 Å². The van der Waals surface area contributed by atoms with Gasteiger partial charge in [-0.3, -0.25) is 4.79 Å². The fourth-order valence-electron chi connectivity index (χ4n) is 3.55. The Morgan fingerprint density at radius 1 is 1.14 bits per heavy atom. The van der Waals surface area contributed by atoms with E-state index in [0.29, 0.717) is 28.6 Å². The third-order valence-corrected chi connectivity index (χ3v) is 5.10. The molecule has 8 heteroatoms. The van der Waals surface area contributed by atoms with Crippen LogP contribution in [0, 0.1) is 0 Å². The Bertz CT molecular complexity index is 1020. The van der Waals surface area contributed by atoms with Crippen LogP contribution in [-0.2, 0) is 0 Å². The van der Waals surface area contributed by atoms with Crippen molar-refractivity contribution in [1.82, 2.24) is 15.0 Å². The van der Waals surface area contributed by atoms with E-state index in [1.807, 2.05) is 6.07 Å². The largest absolute Gasteiger partial charge is 0.480 e.